The molecule has 1 saturated carbocycles. The Balaban J connectivity index is 1.41. The van der Waals surface area contributed by atoms with E-state index in [0.29, 0.717) is 19.0 Å². The predicted octanol–water partition coefficient (Wildman–Crippen LogP) is 5.15. The van der Waals surface area contributed by atoms with E-state index in [-0.39, 0.29) is 5.92 Å². The summed E-state index contributed by atoms with van der Waals surface area (Å²) in [6.45, 7) is 2.35. The van der Waals surface area contributed by atoms with Crippen molar-refractivity contribution >= 4 is 0 Å². The fraction of sp³-hybridized carbons (Fsp3) is 0.444. The number of quaternary nitrogens is 1. The Kier molecular flexibility index (Phi) is 6.97. The van der Waals surface area contributed by atoms with Crippen molar-refractivity contribution in [3.8, 4) is 5.75 Å². The van der Waals surface area contributed by atoms with Crippen LogP contribution in [-0.4, -0.2) is 41.8 Å². The Hall–Kier alpha value is -2.63. The minimum Gasteiger partial charge on any atom is -0.493 e. The molecule has 0 bridgehead atoms. The van der Waals surface area contributed by atoms with E-state index in [2.05, 4.69) is 19.1 Å². The van der Waals surface area contributed by atoms with Crippen LogP contribution in [0.15, 0.2) is 71.3 Å². The highest BCUT2D eigenvalue weighted by Crippen LogP contribution is 2.44. The monoisotopic (exact) mass is 435 g/mol. The molecule has 1 atom stereocenters. The number of hydrogen-bond acceptors (Lipinski definition) is 4. The summed E-state index contributed by atoms with van der Waals surface area (Å²) < 4.78 is 12.8. The summed E-state index contributed by atoms with van der Waals surface area (Å²) in [5, 5.41) is 11.9. The molecule has 0 saturated heterocycles. The van der Waals surface area contributed by atoms with Gasteiger partial charge in [-0.15, -0.1) is 0 Å². The number of rotatable bonds is 10. The normalized spacial score (nSPS) is 16.7. The number of aromatic nitrogens is 1. The molecular weight excluding hydrogens is 400 g/mol. The summed E-state index contributed by atoms with van der Waals surface area (Å²) in [5.74, 6) is 2.28. The van der Waals surface area contributed by atoms with Gasteiger partial charge in [-0.25, -0.2) is 4.98 Å². The molecule has 0 radical (unpaired) electrons. The maximum Gasteiger partial charge on any atom is 0.231 e. The highest BCUT2D eigenvalue weighted by atomic mass is 16.5. The van der Waals surface area contributed by atoms with E-state index in [9.17, 15) is 5.11 Å². The van der Waals surface area contributed by atoms with Gasteiger partial charge in [0, 0.05) is 12.3 Å². The second-order valence-corrected chi connectivity index (χ2v) is 9.58. The minimum absolute atomic E-state index is 0.133. The Morgan fingerprint density at radius 1 is 1.03 bits per heavy atom. The van der Waals surface area contributed by atoms with E-state index >= 15 is 0 Å². The second kappa shape index (κ2) is 9.88. The van der Waals surface area contributed by atoms with Crippen LogP contribution in [0.3, 0.4) is 0 Å². The van der Waals surface area contributed by atoms with Gasteiger partial charge in [0.15, 0.2) is 11.4 Å². The summed E-state index contributed by atoms with van der Waals surface area (Å²) in [4.78, 5) is 4.58. The highest BCUT2D eigenvalue weighted by Gasteiger charge is 2.45. The lowest BCUT2D eigenvalue weighted by atomic mass is 9.80. The lowest BCUT2D eigenvalue weighted by molar-refractivity contribution is -0.904. The van der Waals surface area contributed by atoms with Gasteiger partial charge in [-0.05, 0) is 30.5 Å². The molecule has 2 aromatic carbocycles. The van der Waals surface area contributed by atoms with Crippen molar-refractivity contribution in [3.05, 3.63) is 84.1 Å². The summed E-state index contributed by atoms with van der Waals surface area (Å²) in [6.07, 6.45) is 7.00. The second-order valence-electron chi connectivity index (χ2n) is 9.58. The van der Waals surface area contributed by atoms with Crippen LogP contribution in [0.2, 0.25) is 0 Å². The van der Waals surface area contributed by atoms with Crippen molar-refractivity contribution in [1.29, 1.82) is 0 Å². The molecule has 1 N–H and O–H groups in total. The van der Waals surface area contributed by atoms with Gasteiger partial charge < -0.3 is 18.7 Å². The maximum absolute atomic E-state index is 11.9. The van der Waals surface area contributed by atoms with Crippen LogP contribution in [0, 0.1) is 5.92 Å². The number of ether oxygens (including phenoxy) is 1. The standard InChI is InChI=1S/C27H35N2O3/c1-29(2,18-11-19-31-24-16-7-4-8-17-24)21-25-20-28-26(32-25)27(30,23-14-9-10-15-23)22-12-5-3-6-13-22/h3-8,12-13,16-17,20,23,30H,9-11,14-15,18-19,21H2,1-2H3/q+1/t27-/m1/s1. The first-order chi connectivity index (χ1) is 15.5. The molecule has 0 amide bonds. The largest absolute Gasteiger partial charge is 0.493 e. The Bertz CT molecular complexity index is 965. The van der Waals surface area contributed by atoms with E-state index in [0.717, 1.165) is 60.2 Å². The van der Waals surface area contributed by atoms with Crippen molar-refractivity contribution in [2.45, 2.75) is 44.2 Å². The molecular formula is C27H35N2O3+. The lowest BCUT2D eigenvalue weighted by Gasteiger charge is -2.32. The van der Waals surface area contributed by atoms with Gasteiger partial charge in [0.1, 0.15) is 12.3 Å². The minimum atomic E-state index is -1.17. The van der Waals surface area contributed by atoms with E-state index < -0.39 is 5.60 Å². The van der Waals surface area contributed by atoms with Gasteiger partial charge in [-0.2, -0.15) is 0 Å². The number of oxazole rings is 1. The van der Waals surface area contributed by atoms with Crippen LogP contribution in [0.1, 0.15) is 49.3 Å². The zero-order valence-corrected chi connectivity index (χ0v) is 19.2. The lowest BCUT2D eigenvalue weighted by Crippen LogP contribution is -2.40. The first kappa shape index (κ1) is 22.6. The fourth-order valence-corrected chi connectivity index (χ4v) is 4.83. The molecule has 0 aliphatic heterocycles. The third kappa shape index (κ3) is 5.22. The van der Waals surface area contributed by atoms with E-state index in [1.165, 1.54) is 0 Å². The van der Waals surface area contributed by atoms with Crippen LogP contribution in [0.25, 0.3) is 0 Å². The van der Waals surface area contributed by atoms with Gasteiger partial charge in [0.2, 0.25) is 5.89 Å². The van der Waals surface area contributed by atoms with Gasteiger partial charge in [0.05, 0.1) is 33.4 Å². The van der Waals surface area contributed by atoms with Crippen molar-refractivity contribution in [3.63, 3.8) is 0 Å². The van der Waals surface area contributed by atoms with Crippen molar-refractivity contribution < 1.29 is 18.7 Å². The zero-order valence-electron chi connectivity index (χ0n) is 19.2. The van der Waals surface area contributed by atoms with Gasteiger partial charge in [-0.3, -0.25) is 0 Å². The quantitative estimate of drug-likeness (QED) is 0.354. The Labute approximate surface area is 191 Å². The van der Waals surface area contributed by atoms with Crippen LogP contribution < -0.4 is 4.74 Å². The van der Waals surface area contributed by atoms with Gasteiger partial charge in [0.25, 0.3) is 0 Å². The summed E-state index contributed by atoms with van der Waals surface area (Å²) in [6, 6.07) is 19.8. The smallest absolute Gasteiger partial charge is 0.231 e. The van der Waals surface area contributed by atoms with Crippen LogP contribution in [-0.2, 0) is 12.1 Å². The van der Waals surface area contributed by atoms with Crippen molar-refractivity contribution in [2.75, 3.05) is 27.2 Å². The molecule has 0 unspecified atom stereocenters. The molecule has 1 aromatic heterocycles. The third-order valence-electron chi connectivity index (χ3n) is 6.54. The van der Waals surface area contributed by atoms with Gasteiger partial charge >= 0.3 is 0 Å². The zero-order chi connectivity index (χ0) is 22.4. The molecule has 3 aromatic rings. The van der Waals surface area contributed by atoms with Crippen LogP contribution in [0.4, 0.5) is 0 Å². The number of para-hydroxylation sites is 1. The molecule has 1 heterocycles. The number of aliphatic hydroxyl groups is 1. The molecule has 5 nitrogen and oxygen atoms in total. The first-order valence-electron chi connectivity index (χ1n) is 11.7. The Morgan fingerprint density at radius 2 is 1.69 bits per heavy atom. The number of hydrogen-bond donors (Lipinski definition) is 1. The predicted molar refractivity (Wildman–Crippen MR) is 125 cm³/mol. The van der Waals surface area contributed by atoms with Crippen molar-refractivity contribution in [2.24, 2.45) is 5.92 Å². The number of benzene rings is 2. The van der Waals surface area contributed by atoms with Gasteiger partial charge in [-0.1, -0.05) is 61.4 Å². The van der Waals surface area contributed by atoms with E-state index in [4.69, 9.17) is 9.15 Å². The molecule has 5 heteroatoms. The highest BCUT2D eigenvalue weighted by molar-refractivity contribution is 5.30. The SMILES string of the molecule is C[N+](C)(CCCOc1ccccc1)Cc1cnc([C@@](O)(c2ccccc2)C2CCCC2)o1. The molecule has 1 fully saturated rings. The van der Waals surface area contributed by atoms with Crippen LogP contribution >= 0.6 is 0 Å². The number of nitrogens with zero attached hydrogens (tertiary/aromatic N) is 2. The molecule has 1 aliphatic rings. The average molecular weight is 436 g/mol. The third-order valence-corrected chi connectivity index (χ3v) is 6.54. The summed E-state index contributed by atoms with van der Waals surface area (Å²) >= 11 is 0. The molecule has 170 valence electrons. The Morgan fingerprint density at radius 3 is 2.38 bits per heavy atom. The topological polar surface area (TPSA) is 55.5 Å². The molecule has 4 rings (SSSR count). The average Bonchev–Trinajstić information content (AvgIpc) is 3.50. The van der Waals surface area contributed by atoms with E-state index in [1.807, 2.05) is 60.7 Å². The first-order valence-corrected chi connectivity index (χ1v) is 11.7. The van der Waals surface area contributed by atoms with Crippen LogP contribution in [0.5, 0.6) is 5.75 Å². The molecule has 32 heavy (non-hydrogen) atoms. The summed E-state index contributed by atoms with van der Waals surface area (Å²) in [5.41, 5.74) is -0.302. The molecule has 0 spiro atoms. The van der Waals surface area contributed by atoms with E-state index in [1.54, 1.807) is 6.20 Å². The maximum atomic E-state index is 11.9. The molecule has 1 aliphatic carbocycles. The van der Waals surface area contributed by atoms with Crippen molar-refractivity contribution in [1.82, 2.24) is 4.98 Å². The fourth-order valence-electron chi connectivity index (χ4n) is 4.83. The summed E-state index contributed by atoms with van der Waals surface area (Å²) in [7, 11) is 4.37.